The fourth-order valence-corrected chi connectivity index (χ4v) is 3.35. The first kappa shape index (κ1) is 22.5. The van der Waals surface area contributed by atoms with E-state index in [1.165, 1.54) is 12.1 Å². The highest BCUT2D eigenvalue weighted by Crippen LogP contribution is 2.38. The Hall–Kier alpha value is -2.76. The zero-order chi connectivity index (χ0) is 22.0. The summed E-state index contributed by atoms with van der Waals surface area (Å²) in [6.45, 7) is 0. The second-order valence-electron chi connectivity index (χ2n) is 5.94. The maximum atomic E-state index is 12.9. The molecule has 29 heavy (non-hydrogen) atoms. The van der Waals surface area contributed by atoms with Gasteiger partial charge in [-0.15, -0.1) is 0 Å². The number of anilines is 1. The van der Waals surface area contributed by atoms with Gasteiger partial charge in [-0.1, -0.05) is 12.1 Å². The van der Waals surface area contributed by atoms with Crippen LogP contribution in [-0.4, -0.2) is 19.5 Å². The van der Waals surface area contributed by atoms with Crippen molar-refractivity contribution in [3.05, 3.63) is 59.2 Å². The van der Waals surface area contributed by atoms with Gasteiger partial charge in [0.05, 0.1) is 21.7 Å². The van der Waals surface area contributed by atoms with Gasteiger partial charge < -0.3 is 5.11 Å². The van der Waals surface area contributed by atoms with Crippen molar-refractivity contribution in [2.75, 3.05) is 4.72 Å². The van der Waals surface area contributed by atoms with Gasteiger partial charge in [0.1, 0.15) is 0 Å². The van der Waals surface area contributed by atoms with Gasteiger partial charge in [-0.3, -0.25) is 9.52 Å². The minimum absolute atomic E-state index is 0.116. The molecule has 0 unspecified atom stereocenters. The Bertz CT molecular complexity index is 966. The molecule has 0 aliphatic rings. The van der Waals surface area contributed by atoms with Crippen LogP contribution in [0.5, 0.6) is 0 Å². The van der Waals surface area contributed by atoms with E-state index in [4.69, 9.17) is 5.11 Å². The zero-order valence-electron chi connectivity index (χ0n) is 14.3. The number of aliphatic carboxylic acids is 1. The monoisotopic (exact) mass is 441 g/mol. The number of hydrogen-bond acceptors (Lipinski definition) is 3. The van der Waals surface area contributed by atoms with E-state index in [1.807, 2.05) is 0 Å². The number of rotatable bonds is 6. The van der Waals surface area contributed by atoms with Crippen LogP contribution in [0.15, 0.2) is 47.4 Å². The fraction of sp³-hybridized carbons (Fsp3) is 0.235. The number of benzene rings is 2. The summed E-state index contributed by atoms with van der Waals surface area (Å²) >= 11 is 0. The molecule has 0 aromatic heterocycles. The third-order valence-corrected chi connectivity index (χ3v) is 5.10. The standard InChI is InChI=1S/C17H13F6NO4S/c18-16(19,20)11-7-12(17(21,22)23)9-13(8-11)24-29(27,28)14-4-1-10(2-5-14)3-6-15(25)26/h1-2,4-5,7-9,24H,3,6H2,(H,25,26). The molecule has 0 bridgehead atoms. The number of aryl methyl sites for hydroxylation is 1. The summed E-state index contributed by atoms with van der Waals surface area (Å²) in [6, 6.07) is 5.13. The van der Waals surface area contributed by atoms with Crippen LogP contribution in [0.3, 0.4) is 0 Å². The predicted molar refractivity (Wildman–Crippen MR) is 89.7 cm³/mol. The minimum atomic E-state index is -5.12. The average Bonchev–Trinajstić information content (AvgIpc) is 2.58. The molecule has 0 saturated heterocycles. The second kappa shape index (κ2) is 7.93. The number of hydrogen-bond donors (Lipinski definition) is 2. The van der Waals surface area contributed by atoms with Gasteiger partial charge >= 0.3 is 18.3 Å². The van der Waals surface area contributed by atoms with Crippen molar-refractivity contribution in [3.8, 4) is 0 Å². The van der Waals surface area contributed by atoms with E-state index in [2.05, 4.69) is 0 Å². The molecule has 0 aliphatic carbocycles. The van der Waals surface area contributed by atoms with Crippen molar-refractivity contribution >= 4 is 21.7 Å². The molecule has 0 amide bonds. The molecule has 12 heteroatoms. The predicted octanol–water partition coefficient (Wildman–Crippen LogP) is 4.54. The molecular weight excluding hydrogens is 428 g/mol. The third kappa shape index (κ3) is 6.11. The highest BCUT2D eigenvalue weighted by Gasteiger charge is 2.37. The molecule has 0 saturated carbocycles. The number of halogens is 6. The van der Waals surface area contributed by atoms with Crippen LogP contribution in [0, 0.1) is 0 Å². The molecule has 2 rings (SSSR count). The number of carboxylic acid groups (broad SMARTS) is 1. The van der Waals surface area contributed by atoms with Crippen molar-refractivity contribution in [1.29, 1.82) is 0 Å². The van der Waals surface area contributed by atoms with Gasteiger partial charge in [0, 0.05) is 6.42 Å². The van der Waals surface area contributed by atoms with E-state index in [-0.39, 0.29) is 31.0 Å². The summed E-state index contributed by atoms with van der Waals surface area (Å²) in [5.74, 6) is -1.06. The lowest BCUT2D eigenvalue weighted by Gasteiger charge is -2.15. The second-order valence-corrected chi connectivity index (χ2v) is 7.62. The van der Waals surface area contributed by atoms with Crippen LogP contribution < -0.4 is 4.72 Å². The Balaban J connectivity index is 2.35. The van der Waals surface area contributed by atoms with Gasteiger partial charge in [-0.2, -0.15) is 26.3 Å². The summed E-state index contributed by atoms with van der Waals surface area (Å²) in [6.07, 6.45) is -10.3. The minimum Gasteiger partial charge on any atom is -0.481 e. The van der Waals surface area contributed by atoms with Gasteiger partial charge in [0.25, 0.3) is 10.0 Å². The maximum Gasteiger partial charge on any atom is 0.416 e. The number of carboxylic acids is 1. The molecule has 5 nitrogen and oxygen atoms in total. The Morgan fingerprint density at radius 1 is 0.897 bits per heavy atom. The van der Waals surface area contributed by atoms with Crippen molar-refractivity contribution in [3.63, 3.8) is 0 Å². The van der Waals surface area contributed by atoms with E-state index >= 15 is 0 Å². The quantitative estimate of drug-likeness (QED) is 0.645. The van der Waals surface area contributed by atoms with Gasteiger partial charge in [0.15, 0.2) is 0 Å². The summed E-state index contributed by atoms with van der Waals surface area (Å²) in [5, 5.41) is 8.62. The zero-order valence-corrected chi connectivity index (χ0v) is 15.1. The van der Waals surface area contributed by atoms with E-state index in [0.717, 1.165) is 12.1 Å². The number of carbonyl (C=O) groups is 1. The van der Waals surface area contributed by atoms with Crippen molar-refractivity contribution < 1.29 is 44.7 Å². The van der Waals surface area contributed by atoms with Crippen LogP contribution in [-0.2, 0) is 33.6 Å². The lowest BCUT2D eigenvalue weighted by molar-refractivity contribution is -0.143. The van der Waals surface area contributed by atoms with Gasteiger partial charge in [-0.25, -0.2) is 8.42 Å². The Morgan fingerprint density at radius 2 is 1.38 bits per heavy atom. The van der Waals surface area contributed by atoms with E-state index in [1.54, 1.807) is 4.72 Å². The Morgan fingerprint density at radius 3 is 1.79 bits per heavy atom. The normalized spacial score (nSPS) is 12.6. The summed E-state index contributed by atoms with van der Waals surface area (Å²) in [5.41, 5.74) is -3.73. The molecular formula is C17H13F6NO4S. The van der Waals surface area contributed by atoms with Crippen LogP contribution in [0.25, 0.3) is 0 Å². The number of sulfonamides is 1. The van der Waals surface area contributed by atoms with Gasteiger partial charge in [-0.05, 0) is 42.3 Å². The van der Waals surface area contributed by atoms with E-state index < -0.39 is 50.1 Å². The van der Waals surface area contributed by atoms with Crippen LogP contribution in [0.4, 0.5) is 32.0 Å². The van der Waals surface area contributed by atoms with Crippen molar-refractivity contribution in [2.45, 2.75) is 30.1 Å². The Kier molecular flexibility index (Phi) is 6.16. The van der Waals surface area contributed by atoms with Crippen LogP contribution in [0.1, 0.15) is 23.1 Å². The van der Waals surface area contributed by atoms with Crippen LogP contribution >= 0.6 is 0 Å². The number of nitrogens with one attached hydrogen (secondary N) is 1. The molecule has 0 atom stereocenters. The smallest absolute Gasteiger partial charge is 0.416 e. The number of alkyl halides is 6. The highest BCUT2D eigenvalue weighted by atomic mass is 32.2. The summed E-state index contributed by atoms with van der Waals surface area (Å²) in [7, 11) is -4.49. The highest BCUT2D eigenvalue weighted by molar-refractivity contribution is 7.92. The SMILES string of the molecule is O=C(O)CCc1ccc(S(=O)(=O)Nc2cc(C(F)(F)F)cc(C(F)(F)F)c2)cc1. The Labute approximate surface area is 161 Å². The first-order valence-corrected chi connectivity index (χ1v) is 9.30. The molecule has 0 aliphatic heterocycles. The maximum absolute atomic E-state index is 12.9. The van der Waals surface area contributed by atoms with E-state index in [9.17, 15) is 39.6 Å². The third-order valence-electron chi connectivity index (χ3n) is 3.70. The average molecular weight is 441 g/mol. The first-order chi connectivity index (χ1) is 13.2. The topological polar surface area (TPSA) is 83.5 Å². The molecule has 0 fully saturated rings. The van der Waals surface area contributed by atoms with Crippen LogP contribution in [0.2, 0.25) is 0 Å². The van der Waals surface area contributed by atoms with E-state index in [0.29, 0.717) is 5.56 Å². The summed E-state index contributed by atoms with van der Waals surface area (Å²) in [4.78, 5) is 10.1. The first-order valence-electron chi connectivity index (χ1n) is 7.81. The summed E-state index contributed by atoms with van der Waals surface area (Å²) < 4.78 is 104. The molecule has 2 aromatic carbocycles. The molecule has 0 spiro atoms. The molecule has 158 valence electrons. The lowest BCUT2D eigenvalue weighted by atomic mass is 10.1. The van der Waals surface area contributed by atoms with Crippen molar-refractivity contribution in [2.24, 2.45) is 0 Å². The van der Waals surface area contributed by atoms with Crippen molar-refractivity contribution in [1.82, 2.24) is 0 Å². The lowest BCUT2D eigenvalue weighted by Crippen LogP contribution is -2.16. The molecule has 0 radical (unpaired) electrons. The fourth-order valence-electron chi connectivity index (χ4n) is 2.31. The molecule has 0 heterocycles. The molecule has 2 N–H and O–H groups in total. The largest absolute Gasteiger partial charge is 0.481 e. The molecule has 2 aromatic rings. The van der Waals surface area contributed by atoms with Gasteiger partial charge in [0.2, 0.25) is 0 Å².